The quantitative estimate of drug-likeness (QED) is 0.592. The summed E-state index contributed by atoms with van der Waals surface area (Å²) in [5, 5.41) is 0. The maximum absolute atomic E-state index is 5.69. The molecule has 0 aliphatic carbocycles. The van der Waals surface area contributed by atoms with Gasteiger partial charge in [-0.1, -0.05) is 12.1 Å². The Morgan fingerprint density at radius 1 is 1.07 bits per heavy atom. The molecule has 0 saturated heterocycles. The van der Waals surface area contributed by atoms with Gasteiger partial charge in [-0.05, 0) is 18.2 Å². The van der Waals surface area contributed by atoms with Gasteiger partial charge in [0.25, 0.3) is 6.73 Å². The number of aryl methyl sites for hydroxylation is 1. The zero-order valence-corrected chi connectivity index (χ0v) is 8.60. The van der Waals surface area contributed by atoms with Crippen molar-refractivity contribution in [1.82, 2.24) is 0 Å². The number of ether oxygens (including phenoxy) is 1. The van der Waals surface area contributed by atoms with Crippen LogP contribution < -0.4 is 9.30 Å². The highest BCUT2D eigenvalue weighted by Gasteiger charge is 2.24. The summed E-state index contributed by atoms with van der Waals surface area (Å²) in [4.78, 5) is 0. The molecule has 2 heteroatoms. The highest BCUT2D eigenvalue weighted by Crippen LogP contribution is 2.30. The van der Waals surface area contributed by atoms with Crippen molar-refractivity contribution in [3.8, 4) is 17.0 Å². The fourth-order valence-corrected chi connectivity index (χ4v) is 1.99. The molecule has 2 nitrogen and oxygen atoms in total. The van der Waals surface area contributed by atoms with Crippen molar-refractivity contribution in [2.45, 2.75) is 13.7 Å². The van der Waals surface area contributed by atoms with Gasteiger partial charge in [0.1, 0.15) is 5.75 Å². The predicted octanol–water partition coefficient (Wildman–Crippen LogP) is 2.30. The first-order chi connectivity index (χ1) is 7.36. The van der Waals surface area contributed by atoms with Crippen molar-refractivity contribution in [1.29, 1.82) is 0 Å². The molecule has 0 fully saturated rings. The first-order valence-corrected chi connectivity index (χ1v) is 5.08. The molecule has 1 aromatic heterocycles. The lowest BCUT2D eigenvalue weighted by Gasteiger charge is -2.16. The standard InChI is InChI=1S/C13H12NO/c1-10-5-4-7-12-11-6-2-3-8-13(11)15-9-14(10)12/h2-8H,9H2,1H3/q+1. The van der Waals surface area contributed by atoms with E-state index in [1.165, 1.54) is 17.0 Å². The summed E-state index contributed by atoms with van der Waals surface area (Å²) >= 11 is 0. The minimum Gasteiger partial charge on any atom is -0.435 e. The number of hydrogen-bond acceptors (Lipinski definition) is 1. The van der Waals surface area contributed by atoms with Crippen molar-refractivity contribution in [3.63, 3.8) is 0 Å². The van der Waals surface area contributed by atoms with Crippen LogP contribution in [0.3, 0.4) is 0 Å². The van der Waals surface area contributed by atoms with E-state index < -0.39 is 0 Å². The minimum absolute atomic E-state index is 0.610. The van der Waals surface area contributed by atoms with Crippen LogP contribution in [0.1, 0.15) is 5.69 Å². The SMILES string of the molecule is Cc1cccc2[n+]1COc1ccccc1-2. The second-order valence-electron chi connectivity index (χ2n) is 3.75. The normalized spacial score (nSPS) is 12.6. The summed E-state index contributed by atoms with van der Waals surface area (Å²) < 4.78 is 7.88. The maximum atomic E-state index is 5.69. The number of benzene rings is 1. The number of nitrogens with zero attached hydrogens (tertiary/aromatic N) is 1. The maximum Gasteiger partial charge on any atom is 0.292 e. The topological polar surface area (TPSA) is 13.1 Å². The van der Waals surface area contributed by atoms with Crippen LogP contribution in [0.25, 0.3) is 11.3 Å². The molecule has 15 heavy (non-hydrogen) atoms. The Labute approximate surface area is 88.8 Å². The molecule has 0 bridgehead atoms. The van der Waals surface area contributed by atoms with Crippen LogP contribution in [0.5, 0.6) is 5.75 Å². The Kier molecular flexibility index (Phi) is 1.75. The van der Waals surface area contributed by atoms with Gasteiger partial charge in [-0.15, -0.1) is 0 Å². The summed E-state index contributed by atoms with van der Waals surface area (Å²) in [6.45, 7) is 2.71. The van der Waals surface area contributed by atoms with Crippen molar-refractivity contribution >= 4 is 0 Å². The minimum atomic E-state index is 0.610. The average Bonchev–Trinajstić information content (AvgIpc) is 2.29. The number of fused-ring (bicyclic) bond motifs is 3. The van der Waals surface area contributed by atoms with Gasteiger partial charge in [0.2, 0.25) is 5.69 Å². The van der Waals surface area contributed by atoms with E-state index in [1.54, 1.807) is 0 Å². The highest BCUT2D eigenvalue weighted by molar-refractivity contribution is 5.65. The molecule has 2 heterocycles. The molecule has 1 aliphatic rings. The number of rotatable bonds is 0. The highest BCUT2D eigenvalue weighted by atomic mass is 16.5. The molecule has 74 valence electrons. The monoisotopic (exact) mass is 198 g/mol. The van der Waals surface area contributed by atoms with Crippen LogP contribution in [0.15, 0.2) is 42.5 Å². The first kappa shape index (κ1) is 8.48. The molecule has 0 amide bonds. The van der Waals surface area contributed by atoms with Gasteiger partial charge in [-0.25, -0.2) is 0 Å². The van der Waals surface area contributed by atoms with Crippen molar-refractivity contribution in [3.05, 3.63) is 48.2 Å². The molecular formula is C13H12NO+. The second-order valence-corrected chi connectivity index (χ2v) is 3.75. The number of aromatic nitrogens is 1. The summed E-state index contributed by atoms with van der Waals surface area (Å²) in [6, 6.07) is 14.5. The van der Waals surface area contributed by atoms with Crippen molar-refractivity contribution in [2.24, 2.45) is 0 Å². The molecule has 0 unspecified atom stereocenters. The third-order valence-corrected chi connectivity index (χ3v) is 2.82. The largest absolute Gasteiger partial charge is 0.435 e. The van der Waals surface area contributed by atoms with E-state index in [2.05, 4.69) is 35.8 Å². The molecule has 0 atom stereocenters. The zero-order valence-electron chi connectivity index (χ0n) is 8.60. The summed E-state index contributed by atoms with van der Waals surface area (Å²) in [6.07, 6.45) is 0. The lowest BCUT2D eigenvalue weighted by molar-refractivity contribution is -0.722. The van der Waals surface area contributed by atoms with Crippen molar-refractivity contribution in [2.75, 3.05) is 0 Å². The Balaban J connectivity index is 2.30. The molecule has 1 aliphatic heterocycles. The molecule has 0 saturated carbocycles. The van der Waals surface area contributed by atoms with Gasteiger partial charge in [0.15, 0.2) is 5.69 Å². The summed E-state index contributed by atoms with van der Waals surface area (Å²) in [7, 11) is 0. The molecule has 3 rings (SSSR count). The van der Waals surface area contributed by atoms with Gasteiger partial charge >= 0.3 is 0 Å². The van der Waals surface area contributed by atoms with Crippen LogP contribution in [-0.2, 0) is 6.73 Å². The number of pyridine rings is 1. The third kappa shape index (κ3) is 1.22. The van der Waals surface area contributed by atoms with Gasteiger partial charge in [-0.2, -0.15) is 4.57 Å². The Hall–Kier alpha value is -1.83. The molecular weight excluding hydrogens is 186 g/mol. The fraction of sp³-hybridized carbons (Fsp3) is 0.154. The van der Waals surface area contributed by atoms with E-state index in [1.807, 2.05) is 18.2 Å². The summed E-state index contributed by atoms with van der Waals surface area (Å²) in [5.41, 5.74) is 3.63. The molecule has 0 spiro atoms. The molecule has 0 N–H and O–H groups in total. The fourth-order valence-electron chi connectivity index (χ4n) is 1.99. The van der Waals surface area contributed by atoms with E-state index in [0.717, 1.165) is 5.75 Å². The lowest BCUT2D eigenvalue weighted by Crippen LogP contribution is -2.44. The van der Waals surface area contributed by atoms with E-state index >= 15 is 0 Å². The first-order valence-electron chi connectivity index (χ1n) is 5.08. The van der Waals surface area contributed by atoms with Crippen molar-refractivity contribution < 1.29 is 9.30 Å². The van der Waals surface area contributed by atoms with E-state index in [9.17, 15) is 0 Å². The van der Waals surface area contributed by atoms with Crippen LogP contribution in [0.2, 0.25) is 0 Å². The van der Waals surface area contributed by atoms with Gasteiger partial charge in [-0.3, -0.25) is 0 Å². The molecule has 0 radical (unpaired) electrons. The molecule has 1 aromatic carbocycles. The van der Waals surface area contributed by atoms with Crippen LogP contribution in [-0.4, -0.2) is 0 Å². The van der Waals surface area contributed by atoms with Gasteiger partial charge < -0.3 is 4.74 Å². The Morgan fingerprint density at radius 3 is 2.87 bits per heavy atom. The smallest absolute Gasteiger partial charge is 0.292 e. The number of para-hydroxylation sites is 1. The average molecular weight is 198 g/mol. The molecule has 2 aromatic rings. The van der Waals surface area contributed by atoms with E-state index in [-0.39, 0.29) is 0 Å². The Morgan fingerprint density at radius 2 is 1.93 bits per heavy atom. The third-order valence-electron chi connectivity index (χ3n) is 2.82. The van der Waals surface area contributed by atoms with E-state index in [0.29, 0.717) is 6.73 Å². The van der Waals surface area contributed by atoms with Crippen LogP contribution in [0, 0.1) is 6.92 Å². The van der Waals surface area contributed by atoms with Gasteiger partial charge in [0, 0.05) is 19.1 Å². The number of hydrogen-bond donors (Lipinski definition) is 0. The van der Waals surface area contributed by atoms with Crippen LogP contribution >= 0.6 is 0 Å². The summed E-state index contributed by atoms with van der Waals surface area (Å²) in [5.74, 6) is 0.975. The van der Waals surface area contributed by atoms with Crippen LogP contribution in [0.4, 0.5) is 0 Å². The predicted molar refractivity (Wildman–Crippen MR) is 57.4 cm³/mol. The zero-order chi connectivity index (χ0) is 10.3. The lowest BCUT2D eigenvalue weighted by atomic mass is 10.1. The van der Waals surface area contributed by atoms with E-state index in [4.69, 9.17) is 4.74 Å². The second kappa shape index (κ2) is 3.09. The Bertz CT molecular complexity index is 520. The van der Waals surface area contributed by atoms with Gasteiger partial charge in [0.05, 0.1) is 5.56 Å².